The minimum Gasteiger partial charge on any atom is -0.482 e. The molecule has 0 spiro atoms. The molecule has 1 amide bonds. The van der Waals surface area contributed by atoms with Gasteiger partial charge in [-0.3, -0.25) is 14.3 Å². The number of nitrogens with zero attached hydrogens (tertiary/aromatic N) is 2. The highest BCUT2D eigenvalue weighted by atomic mass is 16.5. The van der Waals surface area contributed by atoms with E-state index >= 15 is 0 Å². The van der Waals surface area contributed by atoms with Crippen LogP contribution >= 0.6 is 0 Å². The summed E-state index contributed by atoms with van der Waals surface area (Å²) in [5.74, 6) is -0.156. The molecule has 2 heterocycles. The summed E-state index contributed by atoms with van der Waals surface area (Å²) in [6.45, 7) is 2.98. The lowest BCUT2D eigenvalue weighted by molar-refractivity contribution is 0.0738. The van der Waals surface area contributed by atoms with Crippen molar-refractivity contribution in [3.8, 4) is 5.75 Å². The Balaban J connectivity index is 1.90. The molecule has 0 saturated carbocycles. The fourth-order valence-corrected chi connectivity index (χ4v) is 2.48. The van der Waals surface area contributed by atoms with Crippen LogP contribution in [0.2, 0.25) is 0 Å². The van der Waals surface area contributed by atoms with Crippen LogP contribution in [0.5, 0.6) is 5.75 Å². The number of amides is 1. The molecule has 2 aromatic rings. The molecule has 1 aliphatic heterocycles. The first kappa shape index (κ1) is 15.9. The molecular formula is C18H19N3O3. The van der Waals surface area contributed by atoms with Gasteiger partial charge in [-0.2, -0.15) is 0 Å². The summed E-state index contributed by atoms with van der Waals surface area (Å²) >= 11 is 0. The van der Waals surface area contributed by atoms with Gasteiger partial charge in [0.2, 0.25) is 5.43 Å². The number of aromatic nitrogens is 1. The number of allylic oxidation sites excluding steroid dienone is 1. The lowest BCUT2D eigenvalue weighted by atomic mass is 10.2. The molecule has 0 bridgehead atoms. The first-order chi connectivity index (χ1) is 11.7. The van der Waals surface area contributed by atoms with E-state index in [2.05, 4.69) is 5.43 Å². The predicted octanol–water partition coefficient (Wildman–Crippen LogP) is 1.96. The third-order valence-corrected chi connectivity index (χ3v) is 3.76. The molecular weight excluding hydrogens is 306 g/mol. The van der Waals surface area contributed by atoms with Gasteiger partial charge in [0.1, 0.15) is 13.3 Å². The first-order valence-electron chi connectivity index (χ1n) is 7.77. The van der Waals surface area contributed by atoms with Crippen LogP contribution in [0.1, 0.15) is 23.0 Å². The molecule has 0 radical (unpaired) electrons. The molecule has 0 aliphatic carbocycles. The average molecular weight is 325 g/mol. The van der Waals surface area contributed by atoms with E-state index in [0.29, 0.717) is 13.2 Å². The molecule has 1 N–H and O–H groups in total. The van der Waals surface area contributed by atoms with Gasteiger partial charge in [-0.15, -0.1) is 0 Å². The van der Waals surface area contributed by atoms with Gasteiger partial charge in [0.05, 0.1) is 0 Å². The van der Waals surface area contributed by atoms with Crippen molar-refractivity contribution in [1.82, 2.24) is 9.58 Å². The highest BCUT2D eigenvalue weighted by molar-refractivity contribution is 5.96. The van der Waals surface area contributed by atoms with Crippen LogP contribution in [0.15, 0.2) is 59.5 Å². The number of fused-ring (bicyclic) bond motifs is 1. The van der Waals surface area contributed by atoms with Crippen LogP contribution in [-0.2, 0) is 6.61 Å². The standard InChI is InChI=1S/C18H19N3O3/c1-2-3-10-20-13-19-21-11-9-15(22)17(16(21)18(20)23)24-12-14-7-5-4-6-8-14/h2-9,11,19H,10,12-13H2,1H3/b3-2+. The van der Waals surface area contributed by atoms with Crippen molar-refractivity contribution in [2.24, 2.45) is 0 Å². The van der Waals surface area contributed by atoms with Crippen molar-refractivity contribution in [2.75, 3.05) is 18.6 Å². The van der Waals surface area contributed by atoms with E-state index in [1.54, 1.807) is 15.8 Å². The average Bonchev–Trinajstić information content (AvgIpc) is 2.61. The van der Waals surface area contributed by atoms with Crippen LogP contribution in [0, 0.1) is 0 Å². The molecule has 0 saturated heterocycles. The SMILES string of the molecule is C/C=C/CN1CNn2ccc(=O)c(OCc3ccccc3)c2C1=O. The number of ether oxygens (including phenoxy) is 1. The second kappa shape index (κ2) is 7.04. The highest BCUT2D eigenvalue weighted by Gasteiger charge is 2.28. The number of nitrogens with one attached hydrogen (secondary N) is 1. The van der Waals surface area contributed by atoms with E-state index < -0.39 is 0 Å². The number of pyridine rings is 1. The molecule has 24 heavy (non-hydrogen) atoms. The maximum Gasteiger partial charge on any atom is 0.278 e. The van der Waals surface area contributed by atoms with Crippen LogP contribution < -0.4 is 15.6 Å². The van der Waals surface area contributed by atoms with Crippen molar-refractivity contribution < 1.29 is 9.53 Å². The summed E-state index contributed by atoms with van der Waals surface area (Å²) in [5, 5.41) is 0. The Morgan fingerprint density at radius 1 is 1.21 bits per heavy atom. The zero-order chi connectivity index (χ0) is 16.9. The Morgan fingerprint density at radius 2 is 2.00 bits per heavy atom. The van der Waals surface area contributed by atoms with Crippen LogP contribution in [0.4, 0.5) is 0 Å². The molecule has 6 nitrogen and oxygen atoms in total. The second-order valence-electron chi connectivity index (χ2n) is 5.41. The Kier molecular flexibility index (Phi) is 4.65. The Morgan fingerprint density at radius 3 is 2.75 bits per heavy atom. The van der Waals surface area contributed by atoms with Crippen LogP contribution in [-0.4, -0.2) is 28.7 Å². The fourth-order valence-electron chi connectivity index (χ4n) is 2.48. The number of hydrogen-bond acceptors (Lipinski definition) is 4. The highest BCUT2D eigenvalue weighted by Crippen LogP contribution is 2.19. The Bertz CT molecular complexity index is 812. The van der Waals surface area contributed by atoms with E-state index in [0.717, 1.165) is 5.56 Å². The molecule has 1 aromatic carbocycles. The number of hydrogen-bond donors (Lipinski definition) is 1. The zero-order valence-electron chi connectivity index (χ0n) is 13.4. The van der Waals surface area contributed by atoms with E-state index in [1.165, 1.54) is 6.07 Å². The van der Waals surface area contributed by atoms with Crippen LogP contribution in [0.3, 0.4) is 0 Å². The third-order valence-electron chi connectivity index (χ3n) is 3.76. The topological polar surface area (TPSA) is 63.6 Å². The lowest BCUT2D eigenvalue weighted by Gasteiger charge is -2.31. The maximum absolute atomic E-state index is 12.7. The van der Waals surface area contributed by atoms with Gasteiger partial charge >= 0.3 is 0 Å². The van der Waals surface area contributed by atoms with Gasteiger partial charge in [-0.25, -0.2) is 0 Å². The smallest absolute Gasteiger partial charge is 0.278 e. The summed E-state index contributed by atoms with van der Waals surface area (Å²) < 4.78 is 7.26. The third kappa shape index (κ3) is 3.17. The first-order valence-corrected chi connectivity index (χ1v) is 7.77. The van der Waals surface area contributed by atoms with Crippen LogP contribution in [0.25, 0.3) is 0 Å². The van der Waals surface area contributed by atoms with Crippen molar-refractivity contribution in [2.45, 2.75) is 13.5 Å². The van der Waals surface area contributed by atoms with Gasteiger partial charge in [0, 0.05) is 18.8 Å². The molecule has 1 aromatic heterocycles. The number of rotatable bonds is 5. The summed E-state index contributed by atoms with van der Waals surface area (Å²) in [4.78, 5) is 26.6. The summed E-state index contributed by atoms with van der Waals surface area (Å²) in [7, 11) is 0. The Hall–Kier alpha value is -3.02. The van der Waals surface area contributed by atoms with Crippen molar-refractivity contribution >= 4 is 5.91 Å². The number of carbonyl (C=O) groups is 1. The number of benzene rings is 1. The van der Waals surface area contributed by atoms with Crippen molar-refractivity contribution in [1.29, 1.82) is 0 Å². The van der Waals surface area contributed by atoms with E-state index in [9.17, 15) is 9.59 Å². The van der Waals surface area contributed by atoms with E-state index in [4.69, 9.17) is 4.74 Å². The predicted molar refractivity (Wildman–Crippen MR) is 91.6 cm³/mol. The monoisotopic (exact) mass is 325 g/mol. The summed E-state index contributed by atoms with van der Waals surface area (Å²) in [6.07, 6.45) is 5.32. The minimum atomic E-state index is -0.305. The Labute approximate surface area is 139 Å². The van der Waals surface area contributed by atoms with Gasteiger partial charge in [0.15, 0.2) is 11.4 Å². The molecule has 124 valence electrons. The molecule has 0 atom stereocenters. The normalized spacial score (nSPS) is 13.7. The molecule has 1 aliphatic rings. The molecule has 0 unspecified atom stereocenters. The van der Waals surface area contributed by atoms with E-state index in [-0.39, 0.29) is 29.4 Å². The molecule has 0 fully saturated rings. The largest absolute Gasteiger partial charge is 0.482 e. The van der Waals surface area contributed by atoms with Gasteiger partial charge in [0.25, 0.3) is 5.91 Å². The summed E-state index contributed by atoms with van der Waals surface area (Å²) in [5.41, 5.74) is 3.94. The van der Waals surface area contributed by atoms with Crippen molar-refractivity contribution in [3.63, 3.8) is 0 Å². The molecule has 6 heteroatoms. The molecule has 3 rings (SSSR count). The fraction of sp³-hybridized carbons (Fsp3) is 0.222. The quantitative estimate of drug-likeness (QED) is 0.854. The van der Waals surface area contributed by atoms with E-state index in [1.807, 2.05) is 49.4 Å². The maximum atomic E-state index is 12.7. The number of carbonyl (C=O) groups excluding carboxylic acids is 1. The zero-order valence-corrected chi connectivity index (χ0v) is 13.4. The second-order valence-corrected chi connectivity index (χ2v) is 5.41. The van der Waals surface area contributed by atoms with Gasteiger partial charge < -0.3 is 15.1 Å². The minimum absolute atomic E-state index is 0.0732. The summed E-state index contributed by atoms with van der Waals surface area (Å²) in [6, 6.07) is 10.9. The van der Waals surface area contributed by atoms with Crippen molar-refractivity contribution in [3.05, 3.63) is 76.2 Å². The van der Waals surface area contributed by atoms with Gasteiger partial charge in [-0.1, -0.05) is 42.5 Å². The lowest BCUT2D eigenvalue weighted by Crippen LogP contribution is -2.46. The van der Waals surface area contributed by atoms with Gasteiger partial charge in [-0.05, 0) is 12.5 Å².